The van der Waals surface area contributed by atoms with E-state index in [1.54, 1.807) is 27.7 Å². The molecule has 6 heteroatoms. The van der Waals surface area contributed by atoms with Gasteiger partial charge in [-0.25, -0.2) is 9.59 Å². The van der Waals surface area contributed by atoms with E-state index < -0.39 is 23.7 Å². The second-order valence-corrected chi connectivity index (χ2v) is 7.26. The first-order valence-electron chi connectivity index (χ1n) is 8.62. The number of aryl methyl sites for hydroxylation is 1. The number of amides is 1. The molecule has 5 nitrogen and oxygen atoms in total. The number of nitrogens with one attached hydrogen (secondary N) is 1. The number of benzene rings is 1. The molecule has 0 spiro atoms. The van der Waals surface area contributed by atoms with E-state index in [9.17, 15) is 9.59 Å². The van der Waals surface area contributed by atoms with Crippen molar-refractivity contribution in [1.29, 1.82) is 0 Å². The summed E-state index contributed by atoms with van der Waals surface area (Å²) in [6.07, 6.45) is 2.40. The van der Waals surface area contributed by atoms with E-state index in [2.05, 4.69) is 5.32 Å². The monoisotopic (exact) mass is 369 g/mol. The van der Waals surface area contributed by atoms with Gasteiger partial charge in [-0.1, -0.05) is 30.2 Å². The van der Waals surface area contributed by atoms with Crippen LogP contribution in [0.4, 0.5) is 4.79 Å². The van der Waals surface area contributed by atoms with E-state index in [0.717, 1.165) is 24.8 Å². The van der Waals surface area contributed by atoms with Crippen molar-refractivity contribution in [3.05, 3.63) is 34.9 Å². The smallest absolute Gasteiger partial charge is 0.408 e. The molecule has 0 saturated heterocycles. The first kappa shape index (κ1) is 21.3. The van der Waals surface area contributed by atoms with Gasteiger partial charge in [0.05, 0.1) is 6.61 Å². The largest absolute Gasteiger partial charge is 0.464 e. The highest BCUT2D eigenvalue weighted by molar-refractivity contribution is 6.30. The van der Waals surface area contributed by atoms with E-state index in [1.807, 2.05) is 24.3 Å². The lowest BCUT2D eigenvalue weighted by Gasteiger charge is -2.22. The van der Waals surface area contributed by atoms with Crippen molar-refractivity contribution in [1.82, 2.24) is 5.32 Å². The fraction of sp³-hybridized carbons (Fsp3) is 0.579. The highest BCUT2D eigenvalue weighted by atomic mass is 35.5. The lowest BCUT2D eigenvalue weighted by Crippen LogP contribution is -2.44. The Kier molecular flexibility index (Phi) is 8.76. The van der Waals surface area contributed by atoms with Crippen LogP contribution in [0.25, 0.3) is 0 Å². The Balaban J connectivity index is 2.50. The number of unbranched alkanes of at least 4 members (excludes halogenated alkanes) is 1. The molecule has 0 aliphatic heterocycles. The normalized spacial score (nSPS) is 12.4. The van der Waals surface area contributed by atoms with E-state index in [4.69, 9.17) is 21.1 Å². The molecule has 0 saturated carbocycles. The number of alkyl carbamates (subject to hydrolysis) is 1. The molecular weight excluding hydrogens is 342 g/mol. The molecule has 0 aliphatic rings. The minimum atomic E-state index is -0.700. The minimum Gasteiger partial charge on any atom is -0.464 e. The highest BCUT2D eigenvalue weighted by Gasteiger charge is 2.24. The zero-order valence-corrected chi connectivity index (χ0v) is 16.2. The lowest BCUT2D eigenvalue weighted by molar-refractivity contribution is -0.145. The maximum absolute atomic E-state index is 12.0. The third kappa shape index (κ3) is 9.34. The number of halogens is 1. The average molecular weight is 370 g/mol. The molecule has 0 heterocycles. The third-order valence-electron chi connectivity index (χ3n) is 3.36. The minimum absolute atomic E-state index is 0.272. The summed E-state index contributed by atoms with van der Waals surface area (Å²) >= 11 is 5.97. The summed E-state index contributed by atoms with van der Waals surface area (Å²) in [5.74, 6) is -0.434. The molecule has 0 fully saturated rings. The van der Waals surface area contributed by atoms with Crippen LogP contribution in [0.15, 0.2) is 24.3 Å². The predicted octanol–water partition coefficient (Wildman–Crippen LogP) is 4.51. The number of ether oxygens (including phenoxy) is 2. The van der Waals surface area contributed by atoms with Gasteiger partial charge in [0.15, 0.2) is 0 Å². The van der Waals surface area contributed by atoms with Crippen LogP contribution < -0.4 is 5.32 Å². The van der Waals surface area contributed by atoms with Crippen LogP contribution in [-0.4, -0.2) is 30.3 Å². The number of rotatable bonds is 8. The summed E-state index contributed by atoms with van der Waals surface area (Å²) in [4.78, 5) is 24.0. The summed E-state index contributed by atoms with van der Waals surface area (Å²) in [5, 5.41) is 3.33. The number of carbonyl (C=O) groups excluding carboxylic acids is 2. The molecule has 1 N–H and O–H groups in total. The molecule has 1 rings (SSSR count). The Morgan fingerprint density at radius 2 is 1.96 bits per heavy atom. The molecule has 25 heavy (non-hydrogen) atoms. The molecule has 1 atom stereocenters. The Morgan fingerprint density at radius 1 is 1.24 bits per heavy atom. The van der Waals surface area contributed by atoms with Crippen molar-refractivity contribution in [3.63, 3.8) is 0 Å². The van der Waals surface area contributed by atoms with Crippen LogP contribution in [0.2, 0.25) is 5.02 Å². The van der Waals surface area contributed by atoms with Crippen molar-refractivity contribution >= 4 is 23.7 Å². The zero-order valence-electron chi connectivity index (χ0n) is 15.4. The van der Waals surface area contributed by atoms with Gasteiger partial charge < -0.3 is 14.8 Å². The van der Waals surface area contributed by atoms with Gasteiger partial charge in [0.25, 0.3) is 0 Å². The summed E-state index contributed by atoms with van der Waals surface area (Å²) in [7, 11) is 0. The van der Waals surface area contributed by atoms with Gasteiger partial charge >= 0.3 is 12.1 Å². The predicted molar refractivity (Wildman–Crippen MR) is 98.8 cm³/mol. The van der Waals surface area contributed by atoms with Crippen LogP contribution in [0.5, 0.6) is 0 Å². The number of hydrogen-bond acceptors (Lipinski definition) is 4. The van der Waals surface area contributed by atoms with E-state index in [1.165, 1.54) is 0 Å². The molecule has 0 aromatic heterocycles. The Bertz CT molecular complexity index is 569. The summed E-state index contributed by atoms with van der Waals surface area (Å²) in [5.41, 5.74) is 0.538. The maximum atomic E-state index is 12.0. The van der Waals surface area contributed by atoms with Crippen molar-refractivity contribution < 1.29 is 19.1 Å². The van der Waals surface area contributed by atoms with E-state index in [-0.39, 0.29) is 6.61 Å². The molecule has 0 bridgehead atoms. The molecule has 140 valence electrons. The van der Waals surface area contributed by atoms with Gasteiger partial charge in [-0.05, 0) is 64.7 Å². The van der Waals surface area contributed by atoms with E-state index in [0.29, 0.717) is 11.4 Å². The highest BCUT2D eigenvalue weighted by Crippen LogP contribution is 2.14. The first-order chi connectivity index (χ1) is 11.7. The van der Waals surface area contributed by atoms with Gasteiger partial charge in [0.2, 0.25) is 0 Å². The molecule has 0 unspecified atom stereocenters. The van der Waals surface area contributed by atoms with E-state index >= 15 is 0 Å². The topological polar surface area (TPSA) is 64.6 Å². The summed E-state index contributed by atoms with van der Waals surface area (Å²) in [6, 6.07) is 7.02. The number of esters is 1. The Hall–Kier alpha value is -1.75. The fourth-order valence-electron chi connectivity index (χ4n) is 2.31. The van der Waals surface area contributed by atoms with Gasteiger partial charge in [-0.15, -0.1) is 0 Å². The second kappa shape index (κ2) is 10.3. The van der Waals surface area contributed by atoms with Crippen LogP contribution >= 0.6 is 11.6 Å². The molecule has 1 aromatic carbocycles. The van der Waals surface area contributed by atoms with Crippen molar-refractivity contribution in [2.45, 2.75) is 65.0 Å². The van der Waals surface area contributed by atoms with Crippen molar-refractivity contribution in [3.8, 4) is 0 Å². The molecular formula is C19H28ClNO4. The molecule has 0 aliphatic carbocycles. The lowest BCUT2D eigenvalue weighted by atomic mass is 10.0. The van der Waals surface area contributed by atoms with Crippen LogP contribution in [0.1, 0.15) is 52.5 Å². The van der Waals surface area contributed by atoms with Crippen LogP contribution in [-0.2, 0) is 20.7 Å². The van der Waals surface area contributed by atoms with Crippen molar-refractivity contribution in [2.75, 3.05) is 6.61 Å². The van der Waals surface area contributed by atoms with Gasteiger partial charge in [-0.2, -0.15) is 0 Å². The van der Waals surface area contributed by atoms with Crippen molar-refractivity contribution in [2.24, 2.45) is 0 Å². The van der Waals surface area contributed by atoms with Gasteiger partial charge in [0.1, 0.15) is 11.6 Å². The maximum Gasteiger partial charge on any atom is 0.408 e. The number of carbonyl (C=O) groups is 2. The first-order valence-corrected chi connectivity index (χ1v) is 8.99. The molecule has 1 amide bonds. The van der Waals surface area contributed by atoms with Gasteiger partial charge in [0, 0.05) is 5.02 Å². The second-order valence-electron chi connectivity index (χ2n) is 6.83. The summed E-state index contributed by atoms with van der Waals surface area (Å²) in [6.45, 7) is 7.33. The van der Waals surface area contributed by atoms with Gasteiger partial charge in [-0.3, -0.25) is 0 Å². The number of hydrogen-bond donors (Lipinski definition) is 1. The summed E-state index contributed by atoms with van der Waals surface area (Å²) < 4.78 is 10.3. The SMILES string of the molecule is CCOC(=O)[C@H](CCCCc1cccc(Cl)c1)NC(=O)OC(C)(C)C. The zero-order chi connectivity index (χ0) is 18.9. The molecule has 1 aromatic rings. The average Bonchev–Trinajstić information content (AvgIpc) is 2.48. The fourth-order valence-corrected chi connectivity index (χ4v) is 2.52. The Labute approximate surface area is 155 Å². The van der Waals surface area contributed by atoms with Crippen LogP contribution in [0, 0.1) is 0 Å². The standard InChI is InChI=1S/C19H28ClNO4/c1-5-24-17(22)16(21-18(23)25-19(2,3)4)12-7-6-9-14-10-8-11-15(20)13-14/h8,10-11,13,16H,5-7,9,12H2,1-4H3,(H,21,23)/t16-/m0/s1. The Morgan fingerprint density at radius 3 is 2.56 bits per heavy atom. The van der Waals surface area contributed by atoms with Crippen LogP contribution in [0.3, 0.4) is 0 Å². The third-order valence-corrected chi connectivity index (χ3v) is 3.59. The molecule has 0 radical (unpaired) electrons. The quantitative estimate of drug-likeness (QED) is 0.541.